The van der Waals surface area contributed by atoms with Gasteiger partial charge in [-0.15, -0.1) is 0 Å². The maximum Gasteiger partial charge on any atom is 0.296 e. The number of carbonyl (C=O) groups is 1. The summed E-state index contributed by atoms with van der Waals surface area (Å²) >= 11 is 0. The summed E-state index contributed by atoms with van der Waals surface area (Å²) in [4.78, 5) is 23.7. The molecule has 2 aromatic carbocycles. The second-order valence-corrected chi connectivity index (χ2v) is 6.94. The van der Waals surface area contributed by atoms with Gasteiger partial charge in [0, 0.05) is 17.1 Å². The van der Waals surface area contributed by atoms with Crippen LogP contribution in [0.15, 0.2) is 54.1 Å². The first-order valence-corrected chi connectivity index (χ1v) is 9.49. The van der Waals surface area contributed by atoms with Crippen molar-refractivity contribution in [2.45, 2.75) is 13.8 Å². The van der Waals surface area contributed by atoms with E-state index in [-0.39, 0.29) is 17.0 Å². The molecule has 162 valence electrons. The van der Waals surface area contributed by atoms with Crippen LogP contribution in [0.25, 0.3) is 11.8 Å². The fourth-order valence-corrected chi connectivity index (χ4v) is 3.32. The number of hydrogen-bond acceptors (Lipinski definition) is 6. The average Bonchev–Trinajstić information content (AvgIpc) is 3.05. The number of rotatable bonds is 6. The number of aryl methyl sites for hydroxylation is 1. The van der Waals surface area contributed by atoms with Gasteiger partial charge < -0.3 is 19.7 Å². The number of ether oxygens (including phenoxy) is 1. The lowest BCUT2D eigenvalue weighted by molar-refractivity contribution is -0.384. The van der Waals surface area contributed by atoms with Crippen LogP contribution < -0.4 is 10.1 Å². The highest BCUT2D eigenvalue weighted by molar-refractivity contribution is 6.09. The Morgan fingerprint density at radius 1 is 1.22 bits per heavy atom. The lowest BCUT2D eigenvalue weighted by Gasteiger charge is -2.11. The van der Waals surface area contributed by atoms with E-state index in [2.05, 4.69) is 5.32 Å². The lowest BCUT2D eigenvalue weighted by atomic mass is 10.1. The van der Waals surface area contributed by atoms with Gasteiger partial charge in [-0.05, 0) is 68.0 Å². The largest absolute Gasteiger partial charge is 0.508 e. The number of aromatic hydroxyl groups is 1. The normalized spacial score (nSPS) is 11.0. The second-order valence-electron chi connectivity index (χ2n) is 6.94. The molecule has 0 unspecified atom stereocenters. The van der Waals surface area contributed by atoms with E-state index in [0.717, 1.165) is 0 Å². The van der Waals surface area contributed by atoms with Crippen molar-refractivity contribution in [3.05, 3.63) is 81.2 Å². The van der Waals surface area contributed by atoms with Crippen molar-refractivity contribution in [3.63, 3.8) is 0 Å². The Morgan fingerprint density at radius 2 is 1.91 bits per heavy atom. The average molecular weight is 432 g/mol. The number of nitro benzene ring substituents is 1. The van der Waals surface area contributed by atoms with E-state index in [1.807, 2.05) is 6.07 Å². The molecule has 0 saturated heterocycles. The van der Waals surface area contributed by atoms with Gasteiger partial charge in [0.25, 0.3) is 11.6 Å². The molecule has 0 fully saturated rings. The minimum Gasteiger partial charge on any atom is -0.508 e. The number of nitro groups is 1. The van der Waals surface area contributed by atoms with E-state index in [0.29, 0.717) is 34.1 Å². The number of amides is 1. The van der Waals surface area contributed by atoms with Crippen LogP contribution in [-0.2, 0) is 4.79 Å². The van der Waals surface area contributed by atoms with Crippen molar-refractivity contribution in [2.75, 3.05) is 12.4 Å². The van der Waals surface area contributed by atoms with E-state index in [1.54, 1.807) is 36.6 Å². The molecule has 0 aliphatic carbocycles. The molecule has 1 heterocycles. The monoisotopic (exact) mass is 432 g/mol. The molecule has 2 N–H and O–H groups in total. The van der Waals surface area contributed by atoms with E-state index >= 15 is 0 Å². The first kappa shape index (κ1) is 22.1. The summed E-state index contributed by atoms with van der Waals surface area (Å²) in [5.41, 5.74) is 2.39. The first-order chi connectivity index (χ1) is 15.2. The van der Waals surface area contributed by atoms with Crippen molar-refractivity contribution in [3.8, 4) is 23.3 Å². The van der Waals surface area contributed by atoms with Crippen LogP contribution in [0.3, 0.4) is 0 Å². The number of aromatic nitrogens is 1. The van der Waals surface area contributed by atoms with E-state index in [9.17, 15) is 25.3 Å². The van der Waals surface area contributed by atoms with Crippen molar-refractivity contribution >= 4 is 23.4 Å². The van der Waals surface area contributed by atoms with Gasteiger partial charge in [-0.25, -0.2) is 0 Å². The second kappa shape index (κ2) is 9.06. The molecule has 0 atom stereocenters. The zero-order valence-corrected chi connectivity index (χ0v) is 17.6. The number of nitrogens with one attached hydrogen (secondary N) is 1. The summed E-state index contributed by atoms with van der Waals surface area (Å²) in [6.45, 7) is 3.53. The fraction of sp³-hybridized carbons (Fsp3) is 0.130. The third-order valence-electron chi connectivity index (χ3n) is 4.88. The van der Waals surface area contributed by atoms with Crippen LogP contribution in [-0.4, -0.2) is 27.6 Å². The SMILES string of the molecule is COc1ccc(-n2c(C)cc(C=C(C#N)C(=O)Nc3ccc(O)cc3)c2C)c([N+](=O)[O-])c1. The molecule has 9 heteroatoms. The number of hydrogen-bond donors (Lipinski definition) is 2. The highest BCUT2D eigenvalue weighted by Gasteiger charge is 2.21. The number of phenols is 1. The fourth-order valence-electron chi connectivity index (χ4n) is 3.32. The lowest BCUT2D eigenvalue weighted by Crippen LogP contribution is -2.13. The van der Waals surface area contributed by atoms with Crippen LogP contribution in [0.2, 0.25) is 0 Å². The molecule has 0 aliphatic heterocycles. The molecule has 9 nitrogen and oxygen atoms in total. The highest BCUT2D eigenvalue weighted by atomic mass is 16.6. The van der Waals surface area contributed by atoms with Crippen molar-refractivity contribution in [1.29, 1.82) is 5.26 Å². The topological polar surface area (TPSA) is 130 Å². The number of nitriles is 1. The predicted octanol–water partition coefficient (Wildman–Crippen LogP) is 4.26. The molecule has 1 aromatic heterocycles. The van der Waals surface area contributed by atoms with Crippen molar-refractivity contribution in [2.24, 2.45) is 0 Å². The minimum atomic E-state index is -0.613. The van der Waals surface area contributed by atoms with Gasteiger partial charge in [-0.3, -0.25) is 14.9 Å². The summed E-state index contributed by atoms with van der Waals surface area (Å²) in [6, 6.07) is 14.0. The van der Waals surface area contributed by atoms with Crippen LogP contribution in [0.5, 0.6) is 11.5 Å². The number of benzene rings is 2. The zero-order chi connectivity index (χ0) is 23.4. The van der Waals surface area contributed by atoms with Gasteiger partial charge in [0.05, 0.1) is 18.1 Å². The summed E-state index contributed by atoms with van der Waals surface area (Å²) < 4.78 is 6.78. The summed E-state index contributed by atoms with van der Waals surface area (Å²) in [7, 11) is 1.43. The summed E-state index contributed by atoms with van der Waals surface area (Å²) in [5.74, 6) is -0.196. The molecule has 3 aromatic rings. The first-order valence-electron chi connectivity index (χ1n) is 9.49. The Labute approximate surface area is 183 Å². The van der Waals surface area contributed by atoms with Gasteiger partial charge in [0.1, 0.15) is 28.8 Å². The van der Waals surface area contributed by atoms with E-state index in [1.165, 1.54) is 43.5 Å². The van der Waals surface area contributed by atoms with Crippen molar-refractivity contribution in [1.82, 2.24) is 4.57 Å². The maximum absolute atomic E-state index is 12.5. The molecule has 0 radical (unpaired) electrons. The maximum atomic E-state index is 12.5. The standard InChI is InChI=1S/C23H20N4O5/c1-14-10-16(11-17(13-24)23(29)25-18-4-6-19(28)7-5-18)15(2)26(14)21-9-8-20(32-3)12-22(21)27(30)31/h4-12,28H,1-3H3,(H,25,29). The highest BCUT2D eigenvalue weighted by Crippen LogP contribution is 2.32. The Hall–Kier alpha value is -4.58. The Kier molecular flexibility index (Phi) is 6.26. The van der Waals surface area contributed by atoms with E-state index < -0.39 is 10.8 Å². The summed E-state index contributed by atoms with van der Waals surface area (Å²) in [5, 5.41) is 33.1. The molecule has 0 saturated carbocycles. The quantitative estimate of drug-likeness (QED) is 0.197. The van der Waals surface area contributed by atoms with Crippen LogP contribution in [0, 0.1) is 35.3 Å². The minimum absolute atomic E-state index is 0.0547. The van der Waals surface area contributed by atoms with Crippen LogP contribution >= 0.6 is 0 Å². The number of carbonyl (C=O) groups excluding carboxylic acids is 1. The molecule has 1 amide bonds. The molecular weight excluding hydrogens is 412 g/mol. The molecule has 0 aliphatic rings. The number of methoxy groups -OCH3 is 1. The zero-order valence-electron chi connectivity index (χ0n) is 17.6. The predicted molar refractivity (Wildman–Crippen MR) is 119 cm³/mol. The number of phenolic OH excluding ortho intramolecular Hbond substituents is 1. The molecule has 32 heavy (non-hydrogen) atoms. The Bertz CT molecular complexity index is 1270. The van der Waals surface area contributed by atoms with E-state index in [4.69, 9.17) is 4.74 Å². The number of nitrogens with zero attached hydrogens (tertiary/aromatic N) is 3. The van der Waals surface area contributed by atoms with Gasteiger partial charge in [0.2, 0.25) is 0 Å². The number of anilines is 1. The van der Waals surface area contributed by atoms with Crippen molar-refractivity contribution < 1.29 is 19.6 Å². The molecule has 3 rings (SSSR count). The molecule has 0 spiro atoms. The van der Waals surface area contributed by atoms with Gasteiger partial charge >= 0.3 is 0 Å². The van der Waals surface area contributed by atoms with Gasteiger partial charge in [0.15, 0.2) is 0 Å². The smallest absolute Gasteiger partial charge is 0.296 e. The molecule has 0 bridgehead atoms. The molecular formula is C23H20N4O5. The summed E-state index contributed by atoms with van der Waals surface area (Å²) in [6.07, 6.45) is 1.43. The van der Waals surface area contributed by atoms with Gasteiger partial charge in [-0.1, -0.05) is 0 Å². The van der Waals surface area contributed by atoms with Crippen LogP contribution in [0.4, 0.5) is 11.4 Å². The third kappa shape index (κ3) is 4.44. The van der Waals surface area contributed by atoms with Crippen LogP contribution in [0.1, 0.15) is 17.0 Å². The Morgan fingerprint density at radius 3 is 2.50 bits per heavy atom. The third-order valence-corrected chi connectivity index (χ3v) is 4.88. The van der Waals surface area contributed by atoms with Gasteiger partial charge in [-0.2, -0.15) is 5.26 Å². The Balaban J connectivity index is 2.00.